The fourth-order valence-corrected chi connectivity index (χ4v) is 2.21. The smallest absolute Gasteiger partial charge is 0.203 e. The number of rotatable bonds is 6. The van der Waals surface area contributed by atoms with Crippen LogP contribution in [0, 0.1) is 13.0 Å². The van der Waals surface area contributed by atoms with Gasteiger partial charge in [0.25, 0.3) is 0 Å². The van der Waals surface area contributed by atoms with Gasteiger partial charge in [0, 0.05) is 44.0 Å². The molecule has 0 bridgehead atoms. The Labute approximate surface area is 172 Å². The third-order valence-corrected chi connectivity index (χ3v) is 3.51. The molecule has 0 saturated heterocycles. The Bertz CT molecular complexity index is 758. The second kappa shape index (κ2) is 9.59. The first-order chi connectivity index (χ1) is 11.5. The quantitative estimate of drug-likeness (QED) is 0.444. The molecule has 0 amide bonds. The summed E-state index contributed by atoms with van der Waals surface area (Å²) in [5.41, 5.74) is 1.88. The van der Waals surface area contributed by atoms with E-state index in [-0.39, 0.29) is 44.2 Å². The fraction of sp³-hybridized carbons (Fsp3) is 0.211. The van der Waals surface area contributed by atoms with Gasteiger partial charge in [0.2, 0.25) is 5.75 Å². The maximum atomic E-state index is 12.4. The van der Waals surface area contributed by atoms with E-state index in [1.165, 1.54) is 27.4 Å². The van der Waals surface area contributed by atoms with Crippen LogP contribution in [0.3, 0.4) is 0 Å². The second-order valence-corrected chi connectivity index (χ2v) is 5.08. The van der Waals surface area contributed by atoms with Gasteiger partial charge in [-0.15, -0.1) is 23.3 Å². The normalized spacial score (nSPS) is 10.2. The van der Waals surface area contributed by atoms with Crippen molar-refractivity contribution in [1.82, 2.24) is 0 Å². The van der Waals surface area contributed by atoms with Gasteiger partial charge in [-0.2, -0.15) is 12.1 Å². The van der Waals surface area contributed by atoms with Gasteiger partial charge < -0.3 is 19.3 Å². The molecule has 5 nitrogen and oxygen atoms in total. The van der Waals surface area contributed by atoms with Crippen molar-refractivity contribution >= 4 is 11.9 Å². The minimum atomic E-state index is -0.208. The summed E-state index contributed by atoms with van der Waals surface area (Å²) in [7, 11) is 4.50. The summed E-state index contributed by atoms with van der Waals surface area (Å²) in [6.45, 7) is 1.77. The van der Waals surface area contributed by atoms with Crippen molar-refractivity contribution < 1.29 is 56.8 Å². The van der Waals surface area contributed by atoms with Crippen molar-refractivity contribution in [3.63, 3.8) is 0 Å². The molecule has 129 valence electrons. The van der Waals surface area contributed by atoms with E-state index in [4.69, 9.17) is 14.2 Å². The molecule has 2 rings (SSSR count). The van der Waals surface area contributed by atoms with Gasteiger partial charge in [0.05, 0.1) is 21.3 Å². The molecule has 1 radical (unpaired) electrons. The second-order valence-electron chi connectivity index (χ2n) is 5.08. The van der Waals surface area contributed by atoms with E-state index in [2.05, 4.69) is 6.07 Å². The summed E-state index contributed by atoms with van der Waals surface area (Å²) in [6.07, 6.45) is 3.11. The van der Waals surface area contributed by atoms with Gasteiger partial charge in [-0.3, -0.25) is 4.79 Å². The minimum Gasteiger partial charge on any atom is -0.534 e. The SMILES string of the molecule is COc1cc(C(=O)/C=C/c2c[c-]c(O)c(C)c2)cc(OC)c1OC.[Y]. The predicted octanol–water partition coefficient (Wildman–Crippen LogP) is 3.42. The van der Waals surface area contributed by atoms with Crippen LogP contribution >= 0.6 is 0 Å². The summed E-state index contributed by atoms with van der Waals surface area (Å²) in [5, 5.41) is 9.48. The molecular weight excluding hydrogens is 397 g/mol. The molecule has 2 aromatic carbocycles. The van der Waals surface area contributed by atoms with Gasteiger partial charge in [-0.25, -0.2) is 0 Å². The average Bonchev–Trinajstić information content (AvgIpc) is 2.60. The van der Waals surface area contributed by atoms with Gasteiger partial charge in [-0.05, 0) is 18.2 Å². The summed E-state index contributed by atoms with van der Waals surface area (Å²) >= 11 is 0. The number of hydrogen-bond donors (Lipinski definition) is 1. The van der Waals surface area contributed by atoms with E-state index in [0.717, 1.165) is 5.56 Å². The molecule has 0 unspecified atom stereocenters. The van der Waals surface area contributed by atoms with Crippen LogP contribution < -0.4 is 14.2 Å². The van der Waals surface area contributed by atoms with Crippen LogP contribution in [0.2, 0.25) is 0 Å². The number of aryl methyl sites for hydroxylation is 1. The van der Waals surface area contributed by atoms with Crippen molar-refractivity contribution in [2.75, 3.05) is 21.3 Å². The molecule has 0 aliphatic rings. The molecule has 0 aromatic heterocycles. The zero-order chi connectivity index (χ0) is 17.7. The van der Waals surface area contributed by atoms with Crippen molar-refractivity contribution in [1.29, 1.82) is 0 Å². The van der Waals surface area contributed by atoms with Crippen LogP contribution in [-0.2, 0) is 32.7 Å². The van der Waals surface area contributed by atoms with E-state index in [0.29, 0.717) is 28.4 Å². The number of carbonyl (C=O) groups is 1. The Balaban J connectivity index is 0.00000312. The topological polar surface area (TPSA) is 65.0 Å². The predicted molar refractivity (Wildman–Crippen MR) is 91.1 cm³/mol. The van der Waals surface area contributed by atoms with Crippen LogP contribution in [0.5, 0.6) is 23.0 Å². The maximum absolute atomic E-state index is 12.4. The third kappa shape index (κ3) is 5.06. The van der Waals surface area contributed by atoms with Crippen LogP contribution in [0.1, 0.15) is 21.5 Å². The standard InChI is InChI=1S/C19H19O5.Y/c1-12-9-13(5-7-15(12)20)6-8-16(21)14-10-17(22-2)19(24-4)18(11-14)23-3;/h5-6,8-11,20H,1-4H3;/q-1;/b8-6+;. The first-order valence-corrected chi connectivity index (χ1v) is 7.23. The average molecular weight is 416 g/mol. The van der Waals surface area contributed by atoms with E-state index in [1.807, 2.05) is 0 Å². The van der Waals surface area contributed by atoms with Gasteiger partial charge >= 0.3 is 0 Å². The Kier molecular flexibility index (Phi) is 8.13. The largest absolute Gasteiger partial charge is 0.534 e. The minimum absolute atomic E-state index is 0. The van der Waals surface area contributed by atoms with Crippen molar-refractivity contribution in [2.24, 2.45) is 0 Å². The van der Waals surface area contributed by atoms with Crippen LogP contribution in [0.15, 0.2) is 30.3 Å². The van der Waals surface area contributed by atoms with Gasteiger partial charge in [0.15, 0.2) is 17.3 Å². The number of hydrogen-bond acceptors (Lipinski definition) is 5. The van der Waals surface area contributed by atoms with E-state index in [9.17, 15) is 9.90 Å². The van der Waals surface area contributed by atoms with Crippen LogP contribution in [0.25, 0.3) is 6.08 Å². The van der Waals surface area contributed by atoms with Crippen molar-refractivity contribution in [3.8, 4) is 23.0 Å². The molecule has 0 spiro atoms. The summed E-state index contributed by atoms with van der Waals surface area (Å²) in [5.74, 6) is 1.16. The number of carbonyl (C=O) groups excluding carboxylic acids is 1. The summed E-state index contributed by atoms with van der Waals surface area (Å²) in [4.78, 5) is 12.4. The Morgan fingerprint density at radius 1 is 1.08 bits per heavy atom. The molecule has 2 aromatic rings. The molecule has 25 heavy (non-hydrogen) atoms. The molecular formula is C19H19O5Y-. The first-order valence-electron chi connectivity index (χ1n) is 7.23. The van der Waals surface area contributed by atoms with E-state index < -0.39 is 0 Å². The van der Waals surface area contributed by atoms with Crippen LogP contribution in [0.4, 0.5) is 0 Å². The number of methoxy groups -OCH3 is 3. The number of phenols is 1. The Morgan fingerprint density at radius 2 is 1.68 bits per heavy atom. The number of ketones is 1. The monoisotopic (exact) mass is 416 g/mol. The molecule has 0 aliphatic heterocycles. The number of allylic oxidation sites excluding steroid dienone is 1. The number of phenolic OH excluding ortho intramolecular Hbond substituents is 1. The van der Waals surface area contributed by atoms with Gasteiger partial charge in [-0.1, -0.05) is 6.92 Å². The fourth-order valence-electron chi connectivity index (χ4n) is 2.21. The molecule has 0 aliphatic carbocycles. The Hall–Kier alpha value is -1.85. The van der Waals surface area contributed by atoms with Crippen LogP contribution in [-0.4, -0.2) is 32.2 Å². The zero-order valence-electron chi connectivity index (χ0n) is 14.6. The summed E-state index contributed by atoms with van der Waals surface area (Å²) in [6, 6.07) is 9.30. The number of aromatic hydroxyl groups is 1. The van der Waals surface area contributed by atoms with Gasteiger partial charge in [0.1, 0.15) is 0 Å². The van der Waals surface area contributed by atoms with E-state index >= 15 is 0 Å². The molecule has 6 heteroatoms. The third-order valence-electron chi connectivity index (χ3n) is 3.51. The molecule has 0 heterocycles. The number of ether oxygens (including phenoxy) is 3. The molecule has 0 saturated carbocycles. The maximum Gasteiger partial charge on any atom is 0.203 e. The zero-order valence-corrected chi connectivity index (χ0v) is 17.5. The molecule has 0 atom stereocenters. The molecule has 1 N–H and O–H groups in total. The summed E-state index contributed by atoms with van der Waals surface area (Å²) < 4.78 is 15.7. The molecule has 0 fully saturated rings. The number of benzene rings is 2. The Morgan fingerprint density at radius 3 is 2.16 bits per heavy atom. The van der Waals surface area contributed by atoms with Crippen molar-refractivity contribution in [2.45, 2.75) is 6.92 Å². The van der Waals surface area contributed by atoms with E-state index in [1.54, 1.807) is 37.3 Å². The first kappa shape index (κ1) is 21.2. The van der Waals surface area contributed by atoms with Crippen molar-refractivity contribution in [3.05, 3.63) is 53.1 Å².